The number of hydrogen-bond donors (Lipinski definition) is 3. The van der Waals surface area contributed by atoms with Crippen molar-refractivity contribution in [3.8, 4) is 11.3 Å². The van der Waals surface area contributed by atoms with Crippen LogP contribution in [0.1, 0.15) is 10.4 Å². The molecule has 1 heterocycles. The molecule has 1 aromatic carbocycles. The Morgan fingerprint density at radius 1 is 1.20 bits per heavy atom. The van der Waals surface area contributed by atoms with Crippen molar-refractivity contribution >= 4 is 5.91 Å². The molecule has 2 aromatic rings. The van der Waals surface area contributed by atoms with Crippen molar-refractivity contribution in [3.05, 3.63) is 58.1 Å². The summed E-state index contributed by atoms with van der Waals surface area (Å²) in [7, 11) is 0. The molecule has 0 aliphatic carbocycles. The van der Waals surface area contributed by atoms with Gasteiger partial charge in [0.1, 0.15) is 11.4 Å². The molecule has 6 heteroatoms. The number of hydrogen-bond acceptors (Lipinski definition) is 3. The van der Waals surface area contributed by atoms with E-state index in [0.29, 0.717) is 11.3 Å². The molecule has 2 rings (SSSR count). The fraction of sp³-hybridized carbons (Fsp3) is 0.143. The van der Waals surface area contributed by atoms with Crippen molar-refractivity contribution in [2.75, 3.05) is 13.2 Å². The first kappa shape index (κ1) is 14.0. The second-order valence-corrected chi connectivity index (χ2v) is 4.10. The van der Waals surface area contributed by atoms with Crippen LogP contribution in [0, 0.1) is 5.82 Å². The maximum Gasteiger partial charge on any atom is 0.261 e. The Balaban J connectivity index is 2.28. The van der Waals surface area contributed by atoms with Gasteiger partial charge in [0.15, 0.2) is 0 Å². The molecule has 1 amide bonds. The summed E-state index contributed by atoms with van der Waals surface area (Å²) in [6.07, 6.45) is 0. The average molecular weight is 276 g/mol. The molecule has 0 atom stereocenters. The Morgan fingerprint density at radius 2 is 1.90 bits per heavy atom. The van der Waals surface area contributed by atoms with Crippen LogP contribution in [0.25, 0.3) is 11.3 Å². The fourth-order valence-corrected chi connectivity index (χ4v) is 1.71. The van der Waals surface area contributed by atoms with Crippen LogP contribution in [0.15, 0.2) is 41.2 Å². The number of halogens is 1. The number of H-pyrrole nitrogens is 1. The van der Waals surface area contributed by atoms with Crippen molar-refractivity contribution < 1.29 is 14.3 Å². The van der Waals surface area contributed by atoms with Gasteiger partial charge in [-0.3, -0.25) is 9.59 Å². The quantitative estimate of drug-likeness (QED) is 0.776. The number of pyridine rings is 1. The average Bonchev–Trinajstić information content (AvgIpc) is 2.45. The van der Waals surface area contributed by atoms with Gasteiger partial charge in [0.2, 0.25) is 0 Å². The van der Waals surface area contributed by atoms with Gasteiger partial charge < -0.3 is 15.4 Å². The summed E-state index contributed by atoms with van der Waals surface area (Å²) in [4.78, 5) is 26.0. The lowest BCUT2D eigenvalue weighted by Gasteiger charge is -2.05. The van der Waals surface area contributed by atoms with Gasteiger partial charge >= 0.3 is 0 Å². The van der Waals surface area contributed by atoms with E-state index < -0.39 is 11.5 Å². The number of aromatic amines is 1. The molecule has 0 aliphatic heterocycles. The number of amides is 1. The van der Waals surface area contributed by atoms with E-state index in [0.717, 1.165) is 0 Å². The van der Waals surface area contributed by atoms with Gasteiger partial charge in [-0.25, -0.2) is 4.39 Å². The summed E-state index contributed by atoms with van der Waals surface area (Å²) in [5, 5.41) is 11.0. The number of aliphatic hydroxyl groups excluding tert-OH is 1. The summed E-state index contributed by atoms with van der Waals surface area (Å²) < 4.78 is 12.8. The Hall–Kier alpha value is -2.47. The molecule has 5 nitrogen and oxygen atoms in total. The summed E-state index contributed by atoms with van der Waals surface area (Å²) >= 11 is 0. The van der Waals surface area contributed by atoms with E-state index in [9.17, 15) is 14.0 Å². The minimum absolute atomic E-state index is 0.0377. The monoisotopic (exact) mass is 276 g/mol. The maximum atomic E-state index is 12.8. The van der Waals surface area contributed by atoms with Gasteiger partial charge in [0, 0.05) is 12.2 Å². The highest BCUT2D eigenvalue weighted by Crippen LogP contribution is 2.15. The Morgan fingerprint density at radius 3 is 2.50 bits per heavy atom. The molecule has 0 fully saturated rings. The SMILES string of the molecule is O=C(NCCO)c1ccc(-c2ccc(F)cc2)[nH]c1=O. The molecule has 20 heavy (non-hydrogen) atoms. The zero-order valence-electron chi connectivity index (χ0n) is 10.5. The fourth-order valence-electron chi connectivity index (χ4n) is 1.71. The molecule has 3 N–H and O–H groups in total. The van der Waals surface area contributed by atoms with Gasteiger partial charge in [0.25, 0.3) is 11.5 Å². The third kappa shape index (κ3) is 3.10. The molecule has 0 bridgehead atoms. The lowest BCUT2D eigenvalue weighted by atomic mass is 10.1. The molecule has 1 aromatic heterocycles. The summed E-state index contributed by atoms with van der Waals surface area (Å²) in [5.41, 5.74) is 0.561. The van der Waals surface area contributed by atoms with E-state index in [1.54, 1.807) is 6.07 Å². The largest absolute Gasteiger partial charge is 0.395 e. The van der Waals surface area contributed by atoms with E-state index in [4.69, 9.17) is 5.11 Å². The summed E-state index contributed by atoms with van der Waals surface area (Å²) in [6.45, 7) is -0.116. The van der Waals surface area contributed by atoms with E-state index in [1.807, 2.05) is 0 Å². The maximum absolute atomic E-state index is 12.8. The van der Waals surface area contributed by atoms with Crippen molar-refractivity contribution in [2.45, 2.75) is 0 Å². The predicted octanol–water partition coefficient (Wildman–Crippen LogP) is 0.903. The topological polar surface area (TPSA) is 82.2 Å². The van der Waals surface area contributed by atoms with Crippen molar-refractivity contribution in [2.24, 2.45) is 0 Å². The van der Waals surface area contributed by atoms with Crippen LogP contribution in [-0.2, 0) is 0 Å². The number of rotatable bonds is 4. The standard InChI is InChI=1S/C14H13FN2O3/c15-10-3-1-9(2-4-10)12-6-5-11(14(20)17-12)13(19)16-7-8-18/h1-6,18H,7-8H2,(H,16,19)(H,17,20). The normalized spacial score (nSPS) is 10.3. The van der Waals surface area contributed by atoms with E-state index in [1.165, 1.54) is 30.3 Å². The van der Waals surface area contributed by atoms with Gasteiger partial charge in [-0.15, -0.1) is 0 Å². The number of carbonyl (C=O) groups excluding carboxylic acids is 1. The molecule has 0 spiro atoms. The minimum Gasteiger partial charge on any atom is -0.395 e. The minimum atomic E-state index is -0.550. The molecule has 0 saturated carbocycles. The van der Waals surface area contributed by atoms with Gasteiger partial charge in [-0.05, 0) is 42.0 Å². The van der Waals surface area contributed by atoms with Gasteiger partial charge in [-0.2, -0.15) is 0 Å². The zero-order chi connectivity index (χ0) is 14.5. The molecule has 0 aliphatic rings. The van der Waals surface area contributed by atoms with Crippen LogP contribution in [0.3, 0.4) is 0 Å². The van der Waals surface area contributed by atoms with Crippen LogP contribution >= 0.6 is 0 Å². The van der Waals surface area contributed by atoms with Gasteiger partial charge in [-0.1, -0.05) is 0 Å². The van der Waals surface area contributed by atoms with Crippen molar-refractivity contribution in [3.63, 3.8) is 0 Å². The first-order valence-electron chi connectivity index (χ1n) is 6.00. The second kappa shape index (κ2) is 6.12. The van der Waals surface area contributed by atoms with Crippen LogP contribution < -0.4 is 10.9 Å². The Kier molecular flexibility index (Phi) is 4.27. The number of aromatic nitrogens is 1. The van der Waals surface area contributed by atoms with Crippen LogP contribution in [-0.4, -0.2) is 29.1 Å². The molecular weight excluding hydrogens is 263 g/mol. The predicted molar refractivity (Wildman–Crippen MR) is 71.9 cm³/mol. The molecular formula is C14H13FN2O3. The Labute approximate surface area is 114 Å². The highest BCUT2D eigenvalue weighted by molar-refractivity contribution is 5.94. The van der Waals surface area contributed by atoms with Crippen molar-refractivity contribution in [1.29, 1.82) is 0 Å². The number of nitrogens with one attached hydrogen (secondary N) is 2. The lowest BCUT2D eigenvalue weighted by molar-refractivity contribution is 0.0943. The number of benzene rings is 1. The first-order valence-corrected chi connectivity index (χ1v) is 6.00. The number of carbonyl (C=O) groups is 1. The third-order valence-electron chi connectivity index (χ3n) is 2.71. The third-order valence-corrected chi connectivity index (χ3v) is 2.71. The zero-order valence-corrected chi connectivity index (χ0v) is 10.5. The van der Waals surface area contributed by atoms with E-state index >= 15 is 0 Å². The summed E-state index contributed by atoms with van der Waals surface area (Å²) in [5.74, 6) is -0.915. The van der Waals surface area contributed by atoms with Crippen LogP contribution in [0.5, 0.6) is 0 Å². The molecule has 0 saturated heterocycles. The molecule has 0 unspecified atom stereocenters. The number of aliphatic hydroxyl groups is 1. The van der Waals surface area contributed by atoms with Crippen molar-refractivity contribution in [1.82, 2.24) is 10.3 Å². The highest BCUT2D eigenvalue weighted by Gasteiger charge is 2.10. The van der Waals surface area contributed by atoms with Gasteiger partial charge in [0.05, 0.1) is 6.61 Å². The first-order chi connectivity index (χ1) is 9.61. The van der Waals surface area contributed by atoms with Crippen LogP contribution in [0.2, 0.25) is 0 Å². The molecule has 104 valence electrons. The summed E-state index contributed by atoms with van der Waals surface area (Å²) in [6, 6.07) is 8.61. The molecule has 0 radical (unpaired) electrons. The second-order valence-electron chi connectivity index (χ2n) is 4.10. The smallest absolute Gasteiger partial charge is 0.261 e. The van der Waals surface area contributed by atoms with Crippen LogP contribution in [0.4, 0.5) is 4.39 Å². The Bertz CT molecular complexity index is 665. The lowest BCUT2D eigenvalue weighted by Crippen LogP contribution is -2.31. The highest BCUT2D eigenvalue weighted by atomic mass is 19.1. The van der Waals surface area contributed by atoms with E-state index in [-0.39, 0.29) is 24.5 Å². The van der Waals surface area contributed by atoms with E-state index in [2.05, 4.69) is 10.3 Å².